The van der Waals surface area contributed by atoms with E-state index in [1.54, 1.807) is 0 Å². The topological polar surface area (TPSA) is 41.6 Å². The second-order valence-electron chi connectivity index (χ2n) is 7.83. The normalized spacial score (nSPS) is 14.8. The number of halogens is 1. The number of amides is 1. The maximum Gasteiger partial charge on any atom is 0.252 e. The lowest BCUT2D eigenvalue weighted by atomic mass is 10.0. The van der Waals surface area contributed by atoms with Crippen LogP contribution in [0, 0.1) is 0 Å². The van der Waals surface area contributed by atoms with Crippen molar-refractivity contribution in [2.24, 2.45) is 0 Å². The van der Waals surface area contributed by atoms with E-state index in [-0.39, 0.29) is 5.91 Å². The summed E-state index contributed by atoms with van der Waals surface area (Å²) in [6.45, 7) is 4.93. The molecule has 0 aliphatic carbocycles. The highest BCUT2D eigenvalue weighted by Gasteiger charge is 2.13. The second-order valence-corrected chi connectivity index (χ2v) is 8.24. The smallest absolute Gasteiger partial charge is 0.252 e. The molecule has 1 amide bonds. The zero-order chi connectivity index (χ0) is 22.2. The molecule has 1 fully saturated rings. The maximum absolute atomic E-state index is 13.1. The number of carbonyl (C=O) groups is 1. The van der Waals surface area contributed by atoms with Crippen molar-refractivity contribution in [1.82, 2.24) is 10.2 Å². The van der Waals surface area contributed by atoms with Gasteiger partial charge in [0.05, 0.1) is 13.2 Å². The lowest BCUT2D eigenvalue weighted by Crippen LogP contribution is -2.35. The molecule has 0 atom stereocenters. The molecule has 32 heavy (non-hydrogen) atoms. The predicted octanol–water partition coefficient (Wildman–Crippen LogP) is 5.03. The van der Waals surface area contributed by atoms with Crippen molar-refractivity contribution in [1.29, 1.82) is 0 Å². The highest BCUT2D eigenvalue weighted by molar-refractivity contribution is 6.33. The summed E-state index contributed by atoms with van der Waals surface area (Å²) in [6.07, 6.45) is 1.85. The first-order valence-corrected chi connectivity index (χ1v) is 11.2. The Labute approximate surface area is 194 Å². The van der Waals surface area contributed by atoms with E-state index in [1.165, 1.54) is 5.56 Å². The Morgan fingerprint density at radius 3 is 2.28 bits per heavy atom. The fraction of sp³-hybridized carbons (Fsp3) is 0.222. The molecular weight excluding hydrogens is 420 g/mol. The van der Waals surface area contributed by atoms with Gasteiger partial charge in [-0.3, -0.25) is 9.69 Å². The minimum Gasteiger partial charge on any atom is -0.379 e. The molecule has 5 heteroatoms. The lowest BCUT2D eigenvalue weighted by molar-refractivity contribution is -0.115. The number of benzene rings is 3. The van der Waals surface area contributed by atoms with Crippen LogP contribution in [0.25, 0.3) is 11.6 Å². The van der Waals surface area contributed by atoms with E-state index in [4.69, 9.17) is 16.3 Å². The summed E-state index contributed by atoms with van der Waals surface area (Å²) in [6, 6.07) is 25.6. The summed E-state index contributed by atoms with van der Waals surface area (Å²) in [5.41, 5.74) is 4.59. The predicted molar refractivity (Wildman–Crippen MR) is 130 cm³/mol. The van der Waals surface area contributed by atoms with Crippen molar-refractivity contribution in [3.63, 3.8) is 0 Å². The number of rotatable bonds is 7. The van der Waals surface area contributed by atoms with Crippen LogP contribution in [0.5, 0.6) is 0 Å². The molecule has 1 heterocycles. The molecule has 3 aromatic carbocycles. The van der Waals surface area contributed by atoms with Crippen molar-refractivity contribution >= 4 is 29.2 Å². The van der Waals surface area contributed by atoms with E-state index < -0.39 is 0 Å². The van der Waals surface area contributed by atoms with Crippen molar-refractivity contribution in [3.05, 3.63) is 106 Å². The minimum absolute atomic E-state index is 0.131. The Balaban J connectivity index is 1.44. The Morgan fingerprint density at radius 1 is 0.906 bits per heavy atom. The number of carbonyl (C=O) groups excluding carboxylic acids is 1. The van der Waals surface area contributed by atoms with Crippen molar-refractivity contribution < 1.29 is 9.53 Å². The summed E-state index contributed by atoms with van der Waals surface area (Å²) in [5.74, 6) is -0.131. The van der Waals surface area contributed by atoms with Crippen molar-refractivity contribution in [2.75, 3.05) is 26.3 Å². The standard InChI is InChI=1S/C27H27ClN2O2/c28-26-9-5-4-8-24(26)18-25(23-6-2-1-3-7-23)27(31)29-19-21-10-12-22(13-11-21)20-30-14-16-32-17-15-30/h1-13,18H,14-17,19-20H2,(H,29,31)/b25-18+. The first kappa shape index (κ1) is 22.3. The largest absolute Gasteiger partial charge is 0.379 e. The molecule has 3 aromatic rings. The van der Waals surface area contributed by atoms with Gasteiger partial charge in [-0.05, 0) is 34.4 Å². The molecule has 1 saturated heterocycles. The van der Waals surface area contributed by atoms with E-state index in [9.17, 15) is 4.79 Å². The van der Waals surface area contributed by atoms with Crippen LogP contribution in [0.4, 0.5) is 0 Å². The highest BCUT2D eigenvalue weighted by atomic mass is 35.5. The third-order valence-electron chi connectivity index (χ3n) is 5.52. The van der Waals surface area contributed by atoms with Crippen LogP contribution in [0.15, 0.2) is 78.9 Å². The Bertz CT molecular complexity index is 1060. The minimum atomic E-state index is -0.131. The van der Waals surface area contributed by atoms with Crippen LogP contribution in [-0.2, 0) is 22.6 Å². The molecule has 164 valence electrons. The second kappa shape index (κ2) is 11.1. The van der Waals surface area contributed by atoms with Gasteiger partial charge >= 0.3 is 0 Å². The van der Waals surface area contributed by atoms with Crippen molar-refractivity contribution in [3.8, 4) is 0 Å². The van der Waals surface area contributed by atoms with Crippen LogP contribution >= 0.6 is 11.6 Å². The number of ether oxygens (including phenoxy) is 1. The summed E-state index contributed by atoms with van der Waals surface area (Å²) < 4.78 is 5.41. The van der Waals surface area contributed by atoms with Gasteiger partial charge in [-0.15, -0.1) is 0 Å². The number of hydrogen-bond donors (Lipinski definition) is 1. The van der Waals surface area contributed by atoms with Gasteiger partial charge in [0.1, 0.15) is 0 Å². The van der Waals surface area contributed by atoms with Gasteiger partial charge < -0.3 is 10.1 Å². The van der Waals surface area contributed by atoms with Gasteiger partial charge in [0.2, 0.25) is 0 Å². The molecule has 1 N–H and O–H groups in total. The summed E-state index contributed by atoms with van der Waals surface area (Å²) in [5, 5.41) is 3.68. The SMILES string of the molecule is O=C(NCc1ccc(CN2CCOCC2)cc1)/C(=C/c1ccccc1Cl)c1ccccc1. The molecule has 0 bridgehead atoms. The number of hydrogen-bond acceptors (Lipinski definition) is 3. The van der Waals surface area contributed by atoms with E-state index in [1.807, 2.05) is 60.7 Å². The van der Waals surface area contributed by atoms with Gasteiger partial charge in [0.15, 0.2) is 0 Å². The van der Waals surface area contributed by atoms with E-state index in [0.717, 1.165) is 49.5 Å². The first-order chi connectivity index (χ1) is 15.7. The Morgan fingerprint density at radius 2 is 1.56 bits per heavy atom. The van der Waals surface area contributed by atoms with Crippen LogP contribution in [0.1, 0.15) is 22.3 Å². The fourth-order valence-electron chi connectivity index (χ4n) is 3.70. The van der Waals surface area contributed by atoms with Gasteiger partial charge in [0, 0.05) is 36.8 Å². The van der Waals surface area contributed by atoms with E-state index in [2.05, 4.69) is 34.5 Å². The highest BCUT2D eigenvalue weighted by Crippen LogP contribution is 2.23. The van der Waals surface area contributed by atoms with Crippen LogP contribution in [0.2, 0.25) is 5.02 Å². The quantitative estimate of drug-likeness (QED) is 0.409. The van der Waals surface area contributed by atoms with Gasteiger partial charge in [-0.25, -0.2) is 0 Å². The zero-order valence-electron chi connectivity index (χ0n) is 18.0. The Kier molecular flexibility index (Phi) is 7.73. The maximum atomic E-state index is 13.1. The van der Waals surface area contributed by atoms with Gasteiger partial charge in [-0.1, -0.05) is 84.4 Å². The number of nitrogens with one attached hydrogen (secondary N) is 1. The molecule has 0 saturated carbocycles. The van der Waals surface area contributed by atoms with Gasteiger partial charge in [-0.2, -0.15) is 0 Å². The molecule has 0 spiro atoms. The first-order valence-electron chi connectivity index (χ1n) is 10.9. The molecule has 0 radical (unpaired) electrons. The molecular formula is C27H27ClN2O2. The number of nitrogens with zero attached hydrogens (tertiary/aromatic N) is 1. The summed E-state index contributed by atoms with van der Waals surface area (Å²) >= 11 is 6.33. The van der Waals surface area contributed by atoms with Crippen LogP contribution < -0.4 is 5.32 Å². The number of morpholine rings is 1. The molecule has 0 aromatic heterocycles. The molecule has 1 aliphatic heterocycles. The lowest BCUT2D eigenvalue weighted by Gasteiger charge is -2.26. The average Bonchev–Trinajstić information content (AvgIpc) is 2.84. The summed E-state index contributed by atoms with van der Waals surface area (Å²) in [4.78, 5) is 15.5. The van der Waals surface area contributed by atoms with E-state index in [0.29, 0.717) is 17.1 Å². The molecule has 4 nitrogen and oxygen atoms in total. The zero-order valence-corrected chi connectivity index (χ0v) is 18.7. The van der Waals surface area contributed by atoms with Crippen LogP contribution in [0.3, 0.4) is 0 Å². The third kappa shape index (κ3) is 6.07. The molecule has 0 unspecified atom stereocenters. The van der Waals surface area contributed by atoms with Gasteiger partial charge in [0.25, 0.3) is 5.91 Å². The molecule has 4 rings (SSSR count). The van der Waals surface area contributed by atoms with E-state index >= 15 is 0 Å². The third-order valence-corrected chi connectivity index (χ3v) is 5.86. The van der Waals surface area contributed by atoms with Crippen molar-refractivity contribution in [2.45, 2.75) is 13.1 Å². The molecule has 1 aliphatic rings. The average molecular weight is 447 g/mol. The monoisotopic (exact) mass is 446 g/mol. The van der Waals surface area contributed by atoms with Crippen LogP contribution in [-0.4, -0.2) is 37.1 Å². The summed E-state index contributed by atoms with van der Waals surface area (Å²) in [7, 11) is 0. The Hall–Kier alpha value is -2.92. The fourth-order valence-corrected chi connectivity index (χ4v) is 3.89.